The third kappa shape index (κ3) is 4.24. The van der Waals surface area contributed by atoms with Gasteiger partial charge in [0, 0.05) is 12.1 Å². The van der Waals surface area contributed by atoms with Crippen LogP contribution in [0.1, 0.15) is 33.3 Å². The maximum Gasteiger partial charge on any atom is 0.266 e. The Morgan fingerprint density at radius 3 is 2.25 bits per heavy atom. The van der Waals surface area contributed by atoms with E-state index in [2.05, 4.69) is 36.9 Å². The highest BCUT2D eigenvalue weighted by Gasteiger charge is 2.35. The van der Waals surface area contributed by atoms with E-state index in [4.69, 9.17) is 4.74 Å². The van der Waals surface area contributed by atoms with Gasteiger partial charge in [-0.05, 0) is 95.1 Å². The quantitative estimate of drug-likeness (QED) is 0.554. The molecule has 0 unspecified atom stereocenters. The Bertz CT molecular complexity index is 692. The Labute approximate surface area is 164 Å². The van der Waals surface area contributed by atoms with Gasteiger partial charge < -0.3 is 4.74 Å². The largest absolute Gasteiger partial charge is 0.494 e. The molecule has 0 aromatic heterocycles. The molecule has 7 heteroatoms. The van der Waals surface area contributed by atoms with Crippen molar-refractivity contribution in [3.05, 3.63) is 31.5 Å². The van der Waals surface area contributed by atoms with Gasteiger partial charge in [-0.15, -0.1) is 0 Å². The molecule has 1 fully saturated rings. The molecule has 0 saturated carbocycles. The van der Waals surface area contributed by atoms with Gasteiger partial charge in [0.15, 0.2) is 5.17 Å². The second-order valence-corrected chi connectivity index (χ2v) is 8.62. The highest BCUT2D eigenvalue weighted by Crippen LogP contribution is 2.38. The average Bonchev–Trinajstić information content (AvgIpc) is 2.73. The second-order valence-electron chi connectivity index (χ2n) is 5.90. The fourth-order valence-electron chi connectivity index (χ4n) is 2.26. The number of benzene rings is 1. The van der Waals surface area contributed by atoms with Crippen LogP contribution in [-0.2, 0) is 4.79 Å². The van der Waals surface area contributed by atoms with E-state index >= 15 is 0 Å². The third-order valence-electron chi connectivity index (χ3n) is 3.24. The number of nitrogens with zero attached hydrogens (tertiary/aromatic N) is 2. The van der Waals surface area contributed by atoms with Crippen LogP contribution in [0.5, 0.6) is 5.75 Å². The number of rotatable bonds is 4. The van der Waals surface area contributed by atoms with Gasteiger partial charge in [0.05, 0.1) is 21.0 Å². The number of amides is 1. The van der Waals surface area contributed by atoms with Crippen LogP contribution in [0, 0.1) is 0 Å². The Morgan fingerprint density at radius 1 is 1.21 bits per heavy atom. The molecule has 2 rings (SSSR count). The van der Waals surface area contributed by atoms with Gasteiger partial charge in [0.25, 0.3) is 5.91 Å². The van der Waals surface area contributed by atoms with Crippen molar-refractivity contribution >= 4 is 60.8 Å². The Hall–Kier alpha value is -0.790. The van der Waals surface area contributed by atoms with Crippen LogP contribution in [0.3, 0.4) is 0 Å². The number of amidine groups is 1. The van der Waals surface area contributed by atoms with Gasteiger partial charge in [-0.3, -0.25) is 14.7 Å². The van der Waals surface area contributed by atoms with Crippen LogP contribution in [-0.4, -0.2) is 35.2 Å². The van der Waals surface area contributed by atoms with E-state index in [9.17, 15) is 4.79 Å². The Kier molecular flexibility index (Phi) is 6.56. The van der Waals surface area contributed by atoms with Crippen LogP contribution in [0.4, 0.5) is 0 Å². The topological polar surface area (TPSA) is 41.9 Å². The molecule has 1 amide bonds. The fraction of sp³-hybridized carbons (Fsp3) is 0.412. The van der Waals surface area contributed by atoms with Gasteiger partial charge in [-0.25, -0.2) is 0 Å². The molecule has 4 nitrogen and oxygen atoms in total. The van der Waals surface area contributed by atoms with Gasteiger partial charge in [-0.2, -0.15) is 0 Å². The number of carbonyl (C=O) groups is 1. The molecule has 0 radical (unpaired) electrons. The minimum absolute atomic E-state index is 0.00235. The van der Waals surface area contributed by atoms with Crippen molar-refractivity contribution in [2.45, 2.75) is 39.8 Å². The zero-order valence-corrected chi connectivity index (χ0v) is 18.3. The molecule has 1 aliphatic heterocycles. The smallest absolute Gasteiger partial charge is 0.266 e. The molecule has 1 saturated heterocycles. The second kappa shape index (κ2) is 8.06. The summed E-state index contributed by atoms with van der Waals surface area (Å²) in [5, 5.41) is 0.767. The molecule has 0 spiro atoms. The molecule has 1 aromatic carbocycles. The molecule has 0 aliphatic carbocycles. The lowest BCUT2D eigenvalue weighted by Crippen LogP contribution is -2.35. The number of hydrogen-bond donors (Lipinski definition) is 0. The van der Waals surface area contributed by atoms with Gasteiger partial charge >= 0.3 is 0 Å². The molecule has 0 atom stereocenters. The van der Waals surface area contributed by atoms with Crippen molar-refractivity contribution in [2.75, 3.05) is 7.11 Å². The third-order valence-corrected chi connectivity index (χ3v) is 5.42. The number of halogens is 2. The number of thioether (sulfide) groups is 1. The van der Waals surface area contributed by atoms with Crippen LogP contribution in [0.25, 0.3) is 6.08 Å². The summed E-state index contributed by atoms with van der Waals surface area (Å²) in [6.07, 6.45) is 1.89. The van der Waals surface area contributed by atoms with Crippen LogP contribution in [0.15, 0.2) is 31.0 Å². The summed E-state index contributed by atoms with van der Waals surface area (Å²) in [6.45, 7) is 8.02. The molecule has 0 N–H and O–H groups in total. The molecular weight excluding hydrogens is 456 g/mol. The molecule has 1 heterocycles. The molecule has 0 bridgehead atoms. The molecule has 24 heavy (non-hydrogen) atoms. The maximum absolute atomic E-state index is 12.7. The lowest BCUT2D eigenvalue weighted by atomic mass is 10.2. The summed E-state index contributed by atoms with van der Waals surface area (Å²) in [7, 11) is 1.62. The monoisotopic (exact) mass is 474 g/mol. The first kappa shape index (κ1) is 19.5. The lowest BCUT2D eigenvalue weighted by molar-refractivity contribution is -0.123. The number of aliphatic imine (C=N–C) groups is 1. The summed E-state index contributed by atoms with van der Waals surface area (Å²) < 4.78 is 6.98. The fourth-order valence-corrected chi connectivity index (χ4v) is 5.04. The highest BCUT2D eigenvalue weighted by molar-refractivity contribution is 9.11. The normalized spacial score (nSPS) is 18.5. The zero-order chi connectivity index (χ0) is 18.0. The van der Waals surface area contributed by atoms with E-state index in [1.54, 1.807) is 12.0 Å². The Morgan fingerprint density at radius 2 is 1.79 bits per heavy atom. The number of carbonyl (C=O) groups excluding carboxylic acids is 1. The Balaban J connectivity index is 2.42. The molecule has 1 aliphatic rings. The van der Waals surface area contributed by atoms with Crippen molar-refractivity contribution < 1.29 is 9.53 Å². The summed E-state index contributed by atoms with van der Waals surface area (Å²) in [4.78, 5) is 19.8. The molecule has 1 aromatic rings. The van der Waals surface area contributed by atoms with E-state index < -0.39 is 0 Å². The van der Waals surface area contributed by atoms with E-state index in [0.29, 0.717) is 4.91 Å². The average molecular weight is 476 g/mol. The predicted octanol–water partition coefficient (Wildman–Crippen LogP) is 5.31. The van der Waals surface area contributed by atoms with Crippen LogP contribution < -0.4 is 4.74 Å². The first-order valence-corrected chi connectivity index (χ1v) is 9.98. The minimum atomic E-state index is -0.00235. The van der Waals surface area contributed by atoms with Gasteiger partial charge in [0.1, 0.15) is 5.75 Å². The van der Waals surface area contributed by atoms with E-state index in [1.165, 1.54) is 11.8 Å². The highest BCUT2D eigenvalue weighted by atomic mass is 79.9. The van der Waals surface area contributed by atoms with Gasteiger partial charge in [-0.1, -0.05) is 0 Å². The molecule has 130 valence electrons. The lowest BCUT2D eigenvalue weighted by Gasteiger charge is -2.20. The van der Waals surface area contributed by atoms with Crippen LogP contribution >= 0.6 is 43.6 Å². The van der Waals surface area contributed by atoms with Crippen LogP contribution in [0.2, 0.25) is 0 Å². The standard InChI is InChI=1S/C17H20Br2N2O2S/c1-9(2)20-17-21(10(3)4)16(22)14(24-17)8-11-6-12(18)15(23-5)13(19)7-11/h6-10H,1-5H3/b14-8+,20-17?. The summed E-state index contributed by atoms with van der Waals surface area (Å²) >= 11 is 8.41. The first-order valence-electron chi connectivity index (χ1n) is 7.58. The zero-order valence-electron chi connectivity index (χ0n) is 14.3. The SMILES string of the molecule is COc1c(Br)cc(/C=C2/SC(=NC(C)C)N(C(C)C)C2=O)cc1Br. The summed E-state index contributed by atoms with van der Waals surface area (Å²) in [5.41, 5.74) is 0.917. The van der Waals surface area contributed by atoms with E-state index in [0.717, 1.165) is 25.4 Å². The predicted molar refractivity (Wildman–Crippen MR) is 109 cm³/mol. The van der Waals surface area contributed by atoms with Crippen molar-refractivity contribution in [3.8, 4) is 5.75 Å². The van der Waals surface area contributed by atoms with Crippen molar-refractivity contribution in [2.24, 2.45) is 4.99 Å². The van der Waals surface area contributed by atoms with Crippen molar-refractivity contribution in [3.63, 3.8) is 0 Å². The van der Waals surface area contributed by atoms with Crippen molar-refractivity contribution in [1.29, 1.82) is 0 Å². The summed E-state index contributed by atoms with van der Waals surface area (Å²) in [5.74, 6) is 0.728. The number of hydrogen-bond acceptors (Lipinski definition) is 4. The van der Waals surface area contributed by atoms with E-state index in [1.807, 2.05) is 45.9 Å². The summed E-state index contributed by atoms with van der Waals surface area (Å²) in [6, 6.07) is 4.08. The maximum atomic E-state index is 12.7. The number of methoxy groups -OCH3 is 1. The minimum Gasteiger partial charge on any atom is -0.494 e. The number of ether oxygens (including phenoxy) is 1. The van der Waals surface area contributed by atoms with Crippen molar-refractivity contribution in [1.82, 2.24) is 4.90 Å². The molecular formula is C17H20Br2N2O2S. The van der Waals surface area contributed by atoms with Gasteiger partial charge in [0.2, 0.25) is 0 Å². The first-order chi connectivity index (χ1) is 11.2. The van der Waals surface area contributed by atoms with E-state index in [-0.39, 0.29) is 18.0 Å².